The van der Waals surface area contributed by atoms with Gasteiger partial charge in [0.25, 0.3) is 0 Å². The summed E-state index contributed by atoms with van der Waals surface area (Å²) < 4.78 is 18.6. The first-order valence-electron chi connectivity index (χ1n) is 18.1. The highest BCUT2D eigenvalue weighted by Gasteiger charge is 2.19. The van der Waals surface area contributed by atoms with Crippen LogP contribution in [0.3, 0.4) is 0 Å². The average Bonchev–Trinajstić information content (AvgIpc) is 3.11. The summed E-state index contributed by atoms with van der Waals surface area (Å²) in [5.41, 5.74) is 0.852. The van der Waals surface area contributed by atoms with Gasteiger partial charge in [-0.25, -0.2) is 42.5 Å². The highest BCUT2D eigenvalue weighted by Crippen LogP contribution is 2.14. The zero-order valence-electron chi connectivity index (χ0n) is 31.5. The van der Waals surface area contributed by atoms with E-state index in [0.717, 1.165) is 43.2 Å². The maximum absolute atomic E-state index is 13.6. The van der Waals surface area contributed by atoms with E-state index in [0.29, 0.717) is 34.9 Å². The maximum atomic E-state index is 13.6. The number of ether oxygens (including phenoxy) is 3. The first-order chi connectivity index (χ1) is 25.7. The molecule has 4 aromatic rings. The van der Waals surface area contributed by atoms with Gasteiger partial charge in [-0.15, -0.1) is 0 Å². The Bertz CT molecular complexity index is 1850. The molecule has 12 nitrogen and oxygen atoms in total. The second-order valence-electron chi connectivity index (χ2n) is 14.1. The molecule has 288 valence electrons. The third-order valence-electron chi connectivity index (χ3n) is 8.34. The van der Waals surface area contributed by atoms with E-state index in [9.17, 15) is 28.8 Å². The van der Waals surface area contributed by atoms with Gasteiger partial charge in [0.1, 0.15) is 19.8 Å². The third-order valence-corrected chi connectivity index (χ3v) is 8.52. The summed E-state index contributed by atoms with van der Waals surface area (Å²) in [6.07, 6.45) is 2.18. The molecule has 1 heterocycles. The minimum Gasteiger partial charge on any atom is -0.460 e. The van der Waals surface area contributed by atoms with Crippen molar-refractivity contribution in [3.63, 3.8) is 0 Å². The van der Waals surface area contributed by atoms with Gasteiger partial charge in [0.05, 0.1) is 36.3 Å². The summed E-state index contributed by atoms with van der Waals surface area (Å²) in [5.74, 6) is -1.16. The van der Waals surface area contributed by atoms with Gasteiger partial charge in [-0.05, 0) is 84.2 Å². The summed E-state index contributed by atoms with van der Waals surface area (Å²) in [7, 11) is 0. The van der Waals surface area contributed by atoms with Crippen LogP contribution in [-0.2, 0) is 53.1 Å². The van der Waals surface area contributed by atoms with E-state index < -0.39 is 35.0 Å². The van der Waals surface area contributed by atoms with Crippen molar-refractivity contribution in [2.45, 2.75) is 78.8 Å². The number of hydrogen-bond acceptors (Lipinski definition) is 10. The van der Waals surface area contributed by atoms with Gasteiger partial charge in [0.15, 0.2) is 0 Å². The quantitative estimate of drug-likeness (QED) is 0.0842. The molecule has 0 N–H and O–H groups in total. The zero-order valence-corrected chi connectivity index (χ0v) is 32.4. The smallest absolute Gasteiger partial charge is 0.338 e. The van der Waals surface area contributed by atoms with Crippen molar-refractivity contribution in [3.05, 3.63) is 138 Å². The molecular formula is C41H49N3O9S. The monoisotopic (exact) mass is 759 g/mol. The molecule has 1 atom stereocenters. The number of carbonyl (C=O) groups is 3. The first-order valence-corrected chi connectivity index (χ1v) is 18.7. The predicted molar refractivity (Wildman–Crippen MR) is 209 cm³/mol. The summed E-state index contributed by atoms with van der Waals surface area (Å²) in [6, 6.07) is 21.0. The van der Waals surface area contributed by atoms with Crippen molar-refractivity contribution in [1.82, 2.24) is 13.7 Å². The Balaban J connectivity index is 1.53. The van der Waals surface area contributed by atoms with E-state index in [2.05, 4.69) is 40.3 Å². The van der Waals surface area contributed by atoms with Crippen molar-refractivity contribution in [2.75, 3.05) is 19.8 Å². The van der Waals surface area contributed by atoms with Crippen LogP contribution in [0.4, 0.5) is 0 Å². The first kappa shape index (κ1) is 41.6. The molecule has 0 saturated carbocycles. The van der Waals surface area contributed by atoms with Gasteiger partial charge in [0, 0.05) is 5.25 Å². The van der Waals surface area contributed by atoms with Crippen molar-refractivity contribution >= 4 is 30.5 Å². The van der Waals surface area contributed by atoms with E-state index in [1.807, 2.05) is 25.1 Å². The fraction of sp³-hybridized carbons (Fsp3) is 0.415. The van der Waals surface area contributed by atoms with Gasteiger partial charge in [-0.1, -0.05) is 71.0 Å². The highest BCUT2D eigenvalue weighted by molar-refractivity contribution is 7.80. The molecule has 1 aromatic heterocycles. The number of esters is 3. The molecule has 3 aromatic carbocycles. The lowest BCUT2D eigenvalue weighted by Crippen LogP contribution is -2.55. The van der Waals surface area contributed by atoms with Crippen molar-refractivity contribution < 1.29 is 28.6 Å². The molecular weight excluding hydrogens is 711 g/mol. The fourth-order valence-corrected chi connectivity index (χ4v) is 6.17. The molecule has 0 bridgehead atoms. The fourth-order valence-electron chi connectivity index (χ4n) is 5.96. The molecule has 0 aliphatic heterocycles. The Morgan fingerprint density at radius 2 is 0.815 bits per heavy atom. The van der Waals surface area contributed by atoms with Crippen LogP contribution in [0.25, 0.3) is 0 Å². The Hall–Kier alpha value is -5.17. The summed E-state index contributed by atoms with van der Waals surface area (Å²) >= 11 is 4.40. The van der Waals surface area contributed by atoms with Gasteiger partial charge in [-0.3, -0.25) is 0 Å². The molecule has 0 saturated heterocycles. The topological polar surface area (TPSA) is 145 Å². The third kappa shape index (κ3) is 11.9. The number of hydrogen-bond donors (Lipinski definition) is 1. The normalized spacial score (nSPS) is 11.8. The van der Waals surface area contributed by atoms with Crippen LogP contribution in [0.2, 0.25) is 0 Å². The average molecular weight is 760 g/mol. The molecule has 1 unspecified atom stereocenters. The minimum atomic E-state index is -0.976. The number of nitrogens with zero attached hydrogens (tertiary/aromatic N) is 3. The van der Waals surface area contributed by atoms with E-state index in [1.54, 1.807) is 54.6 Å². The van der Waals surface area contributed by atoms with Gasteiger partial charge < -0.3 is 14.2 Å². The Labute approximate surface area is 320 Å². The second-order valence-corrected chi connectivity index (χ2v) is 14.9. The highest BCUT2D eigenvalue weighted by atomic mass is 32.1. The van der Waals surface area contributed by atoms with Crippen LogP contribution in [0.15, 0.2) is 87.2 Å². The van der Waals surface area contributed by atoms with Gasteiger partial charge in [0.2, 0.25) is 0 Å². The van der Waals surface area contributed by atoms with Crippen LogP contribution in [0, 0.1) is 11.8 Å². The van der Waals surface area contributed by atoms with Crippen molar-refractivity contribution in [1.29, 1.82) is 0 Å². The van der Waals surface area contributed by atoms with E-state index in [4.69, 9.17) is 14.2 Å². The molecule has 13 heteroatoms. The molecule has 0 spiro atoms. The molecule has 0 aliphatic rings. The second kappa shape index (κ2) is 19.8. The van der Waals surface area contributed by atoms with Crippen molar-refractivity contribution in [2.24, 2.45) is 11.8 Å². The SMILES string of the molecule is CC(C)Cc1cccc(C(=O)OCCn2c(=O)n(CCOC(=O)c3cccc(CC(C)C)c3)c(=O)n(CCOC(=O)c3cccc(CC(C)S)c3)c2=O)c1. The number of thiol groups is 1. The van der Waals surface area contributed by atoms with Gasteiger partial charge in [-0.2, -0.15) is 12.6 Å². The molecule has 0 amide bonds. The molecule has 54 heavy (non-hydrogen) atoms. The molecule has 0 radical (unpaired) electrons. The lowest BCUT2D eigenvalue weighted by atomic mass is 10.0. The largest absolute Gasteiger partial charge is 0.460 e. The van der Waals surface area contributed by atoms with Crippen LogP contribution >= 0.6 is 12.6 Å². The summed E-state index contributed by atoms with van der Waals surface area (Å²) in [4.78, 5) is 79.3. The maximum Gasteiger partial charge on any atom is 0.338 e. The standard InChI is InChI=1S/C41H49N3O9S/c1-27(2)21-30-9-6-12-33(24-30)36(45)51-18-15-42-39(48)43(16-19-52-37(46)34-13-7-10-31(25-34)22-28(3)4)41(50)44(40(42)49)17-20-53-38(47)35-14-8-11-32(26-35)23-29(5)54/h6-14,24-29,54H,15-23H2,1-5H3. The number of rotatable bonds is 18. The van der Waals surface area contributed by atoms with Crippen LogP contribution in [-0.4, -0.2) is 56.7 Å². The Morgan fingerprint density at radius 3 is 1.09 bits per heavy atom. The predicted octanol–water partition coefficient (Wildman–Crippen LogP) is 5.00. The summed E-state index contributed by atoms with van der Waals surface area (Å²) in [5, 5.41) is 0.0786. The molecule has 4 rings (SSSR count). The van der Waals surface area contributed by atoms with Crippen LogP contribution in [0.5, 0.6) is 0 Å². The minimum absolute atomic E-state index is 0.0786. The van der Waals surface area contributed by atoms with Gasteiger partial charge >= 0.3 is 35.0 Å². The summed E-state index contributed by atoms with van der Waals surface area (Å²) in [6.45, 7) is 8.05. The zero-order chi connectivity index (χ0) is 39.4. The number of benzene rings is 3. The number of aromatic nitrogens is 3. The molecule has 0 aliphatic carbocycles. The molecule has 0 fully saturated rings. The van der Waals surface area contributed by atoms with E-state index >= 15 is 0 Å². The van der Waals surface area contributed by atoms with Crippen molar-refractivity contribution in [3.8, 4) is 0 Å². The number of carbonyl (C=O) groups excluding carboxylic acids is 3. The van der Waals surface area contributed by atoms with E-state index in [1.165, 1.54) is 0 Å². The Kier molecular flexibility index (Phi) is 15.2. The lowest BCUT2D eigenvalue weighted by molar-refractivity contribution is 0.0486. The Morgan fingerprint density at radius 1 is 0.519 bits per heavy atom. The van der Waals surface area contributed by atoms with E-state index in [-0.39, 0.29) is 44.7 Å². The van der Waals surface area contributed by atoms with Crippen LogP contribution < -0.4 is 17.1 Å². The van der Waals surface area contributed by atoms with Crippen LogP contribution in [0.1, 0.15) is 82.4 Å². The lowest BCUT2D eigenvalue weighted by Gasteiger charge is -2.15.